The van der Waals surface area contributed by atoms with Crippen LogP contribution in [0.1, 0.15) is 20.8 Å². The Kier molecular flexibility index (Phi) is 4.45. The van der Waals surface area contributed by atoms with Gasteiger partial charge >= 0.3 is 12.2 Å². The van der Waals surface area contributed by atoms with Gasteiger partial charge in [-0.2, -0.15) is 0 Å². The Balaban J connectivity index is 2.32. The molecule has 0 fully saturated rings. The van der Waals surface area contributed by atoms with Crippen LogP contribution in [0.4, 0.5) is 9.59 Å². The Morgan fingerprint density at radius 3 is 2.47 bits per heavy atom. The van der Waals surface area contributed by atoms with E-state index in [9.17, 15) is 9.59 Å². The van der Waals surface area contributed by atoms with Crippen molar-refractivity contribution >= 4 is 24.1 Å². The maximum atomic E-state index is 11.3. The second-order valence-electron chi connectivity index (χ2n) is 4.07. The van der Waals surface area contributed by atoms with Crippen LogP contribution in [0.5, 0.6) is 0 Å². The molecule has 0 unspecified atom stereocenters. The lowest BCUT2D eigenvalue weighted by atomic mass is 10.2. The fourth-order valence-electron chi connectivity index (χ4n) is 0.839. The number of hydrogen-bond acceptors (Lipinski definition) is 6. The Hall–Kier alpha value is -1.63. The molecule has 0 saturated carbocycles. The van der Waals surface area contributed by atoms with Crippen molar-refractivity contribution in [3.63, 3.8) is 0 Å². The van der Waals surface area contributed by atoms with Crippen molar-refractivity contribution in [3.05, 3.63) is 23.8 Å². The van der Waals surface area contributed by atoms with E-state index in [2.05, 4.69) is 0 Å². The van der Waals surface area contributed by atoms with E-state index in [1.165, 1.54) is 4.47 Å². The van der Waals surface area contributed by atoms with E-state index in [1.807, 2.05) is 5.32 Å². The first-order chi connectivity index (χ1) is 7.87. The van der Waals surface area contributed by atoms with Gasteiger partial charge in [0, 0.05) is 11.9 Å². The van der Waals surface area contributed by atoms with Crippen LogP contribution in [0.15, 0.2) is 23.8 Å². The number of amides is 2. The molecule has 6 nitrogen and oxygen atoms in total. The third-order valence-electron chi connectivity index (χ3n) is 1.34. The minimum atomic E-state index is -0.897. The summed E-state index contributed by atoms with van der Waals surface area (Å²) in [5.74, 6) is 0. The summed E-state index contributed by atoms with van der Waals surface area (Å²) in [6.07, 6.45) is 3.28. The van der Waals surface area contributed by atoms with Crippen molar-refractivity contribution in [2.75, 3.05) is 0 Å². The average Bonchev–Trinajstić information content (AvgIpc) is 2.15. The van der Waals surface area contributed by atoms with E-state index in [4.69, 9.17) is 9.57 Å². The van der Waals surface area contributed by atoms with Crippen molar-refractivity contribution in [1.82, 2.24) is 9.79 Å². The van der Waals surface area contributed by atoms with Gasteiger partial charge in [-0.1, -0.05) is 6.08 Å². The summed E-state index contributed by atoms with van der Waals surface area (Å²) in [4.78, 5) is 27.3. The van der Waals surface area contributed by atoms with Gasteiger partial charge in [0.2, 0.25) is 0 Å². The van der Waals surface area contributed by atoms with Gasteiger partial charge < -0.3 is 9.57 Å². The van der Waals surface area contributed by atoms with E-state index in [1.54, 1.807) is 44.5 Å². The Morgan fingerprint density at radius 1 is 1.24 bits per heavy atom. The van der Waals surface area contributed by atoms with E-state index in [-0.39, 0.29) is 0 Å². The molecule has 0 aliphatic carbocycles. The van der Waals surface area contributed by atoms with Crippen LogP contribution in [0.2, 0.25) is 0 Å². The fourth-order valence-corrected chi connectivity index (χ4v) is 1.37. The van der Waals surface area contributed by atoms with Gasteiger partial charge in [-0.3, -0.25) is 0 Å². The number of carbonyl (C=O) groups is 2. The molecule has 1 heterocycles. The molecule has 0 radical (unpaired) electrons. The highest BCUT2D eigenvalue weighted by Gasteiger charge is 2.19. The number of nitrogens with one attached hydrogen (secondary N) is 1. The highest BCUT2D eigenvalue weighted by molar-refractivity contribution is 7.99. The molecule has 0 atom stereocenters. The zero-order valence-corrected chi connectivity index (χ0v) is 10.6. The van der Waals surface area contributed by atoms with Crippen molar-refractivity contribution in [1.29, 1.82) is 0 Å². The quantitative estimate of drug-likeness (QED) is 0.729. The van der Waals surface area contributed by atoms with Gasteiger partial charge in [-0.05, 0) is 32.3 Å². The van der Waals surface area contributed by atoms with Crippen LogP contribution in [0.25, 0.3) is 0 Å². The van der Waals surface area contributed by atoms with Gasteiger partial charge in [-0.15, -0.1) is 4.47 Å². The summed E-state index contributed by atoms with van der Waals surface area (Å²) in [5, 5.41) is 3.67. The molecule has 94 valence electrons. The smallest absolute Gasteiger partial charge is 0.441 e. The predicted octanol–water partition coefficient (Wildman–Crippen LogP) is 2.55. The maximum absolute atomic E-state index is 11.3. The van der Waals surface area contributed by atoms with Crippen molar-refractivity contribution in [2.24, 2.45) is 0 Å². The Morgan fingerprint density at radius 2 is 1.94 bits per heavy atom. The number of imide groups is 1. The normalized spacial score (nSPS) is 14.4. The summed E-state index contributed by atoms with van der Waals surface area (Å²) < 4.78 is 6.10. The molecule has 1 aliphatic rings. The first kappa shape index (κ1) is 13.4. The molecule has 0 saturated heterocycles. The molecule has 0 aromatic carbocycles. The summed E-state index contributed by atoms with van der Waals surface area (Å²) in [6.45, 7) is 5.10. The van der Waals surface area contributed by atoms with Crippen molar-refractivity contribution < 1.29 is 19.2 Å². The third kappa shape index (κ3) is 5.86. The molecule has 1 N–H and O–H groups in total. The number of allylic oxidation sites excluding steroid dienone is 2. The second kappa shape index (κ2) is 5.62. The molecule has 1 aliphatic heterocycles. The lowest BCUT2D eigenvalue weighted by molar-refractivity contribution is 0.0182. The van der Waals surface area contributed by atoms with Gasteiger partial charge in [0.25, 0.3) is 0 Å². The fraction of sp³-hybridized carbons (Fsp3) is 0.400. The van der Waals surface area contributed by atoms with Crippen LogP contribution in [-0.4, -0.2) is 22.3 Å². The standard InChI is InChI=1S/C10H14N2O4S/c1-10(2,3)15-8(13)11-9(14)16-12-6-4-5-7-17-12/h4-7H,1-3H3,(H,11,13,14). The van der Waals surface area contributed by atoms with Crippen LogP contribution in [-0.2, 0) is 9.57 Å². The molecule has 17 heavy (non-hydrogen) atoms. The third-order valence-corrected chi connectivity index (χ3v) is 2.02. The summed E-state index contributed by atoms with van der Waals surface area (Å²) >= 11 is 1.16. The number of alkyl carbamates (subject to hydrolysis) is 1. The number of hydroxylamine groups is 1. The van der Waals surface area contributed by atoms with Gasteiger partial charge in [0.15, 0.2) is 0 Å². The predicted molar refractivity (Wildman–Crippen MR) is 63.6 cm³/mol. The first-order valence-electron chi connectivity index (χ1n) is 4.88. The SMILES string of the molecule is CC(C)(C)OC(=O)NC(=O)ON1C=CC=CS1. The first-order valence-corrected chi connectivity index (χ1v) is 5.72. The molecule has 1 rings (SSSR count). The van der Waals surface area contributed by atoms with Gasteiger partial charge in [0.1, 0.15) is 5.60 Å². The zero-order chi connectivity index (χ0) is 12.9. The topological polar surface area (TPSA) is 67.9 Å². The second-order valence-corrected chi connectivity index (χ2v) is 4.91. The number of carbonyl (C=O) groups excluding carboxylic acids is 2. The number of ether oxygens (including phenoxy) is 1. The number of rotatable bonds is 1. The lowest BCUT2D eigenvalue weighted by Gasteiger charge is -2.20. The van der Waals surface area contributed by atoms with Gasteiger partial charge in [-0.25, -0.2) is 14.9 Å². The van der Waals surface area contributed by atoms with E-state index < -0.39 is 17.8 Å². The molecular formula is C10H14N2O4S. The Labute approximate surface area is 104 Å². The van der Waals surface area contributed by atoms with Crippen LogP contribution in [0.3, 0.4) is 0 Å². The molecule has 7 heteroatoms. The Bertz CT molecular complexity index is 360. The highest BCUT2D eigenvalue weighted by atomic mass is 32.2. The van der Waals surface area contributed by atoms with Crippen LogP contribution < -0.4 is 5.32 Å². The van der Waals surface area contributed by atoms with Crippen molar-refractivity contribution in [3.8, 4) is 0 Å². The van der Waals surface area contributed by atoms with E-state index in [0.29, 0.717) is 0 Å². The zero-order valence-electron chi connectivity index (χ0n) is 9.80. The molecule has 2 amide bonds. The van der Waals surface area contributed by atoms with Crippen molar-refractivity contribution in [2.45, 2.75) is 26.4 Å². The number of hydrogen-bond donors (Lipinski definition) is 1. The maximum Gasteiger partial charge on any atom is 0.441 e. The number of nitrogens with zero attached hydrogens (tertiary/aromatic N) is 1. The van der Waals surface area contributed by atoms with Gasteiger partial charge in [0.05, 0.1) is 6.20 Å². The summed E-state index contributed by atoms with van der Waals surface area (Å²) in [7, 11) is 0. The van der Waals surface area contributed by atoms with E-state index >= 15 is 0 Å². The van der Waals surface area contributed by atoms with Crippen LogP contribution >= 0.6 is 11.9 Å². The average molecular weight is 258 g/mol. The van der Waals surface area contributed by atoms with E-state index in [0.717, 1.165) is 11.9 Å². The largest absolute Gasteiger partial charge is 0.443 e. The molecule has 0 aromatic rings. The molecular weight excluding hydrogens is 244 g/mol. The lowest BCUT2D eigenvalue weighted by Crippen LogP contribution is -2.38. The molecule has 0 bridgehead atoms. The highest BCUT2D eigenvalue weighted by Crippen LogP contribution is 2.16. The minimum Gasteiger partial charge on any atom is -0.443 e. The molecule has 0 aromatic heterocycles. The van der Waals surface area contributed by atoms with Crippen LogP contribution in [0, 0.1) is 0 Å². The summed E-state index contributed by atoms with van der Waals surface area (Å²) in [6, 6.07) is 0. The molecule has 0 spiro atoms. The minimum absolute atomic E-state index is 0.660. The monoisotopic (exact) mass is 258 g/mol. The summed E-state index contributed by atoms with van der Waals surface area (Å²) in [5.41, 5.74) is -0.660.